The van der Waals surface area contributed by atoms with E-state index in [0.717, 1.165) is 25.6 Å². The molecule has 128 valence electrons. The molecule has 0 heterocycles. The van der Waals surface area contributed by atoms with Gasteiger partial charge in [0, 0.05) is 0 Å². The molecule has 0 aliphatic heterocycles. The highest BCUT2D eigenvalue weighted by Gasteiger charge is 2.16. The molecule has 0 unspecified atom stereocenters. The van der Waals surface area contributed by atoms with Crippen LogP contribution in [0.4, 0.5) is 0 Å². The number of carboxylic acid groups (broad SMARTS) is 1. The highest BCUT2D eigenvalue weighted by Crippen LogP contribution is 2.37. The van der Waals surface area contributed by atoms with E-state index >= 15 is 0 Å². The second kappa shape index (κ2) is 8.88. The SMILES string of the molecule is C[C@@H](Cc1cc(I)c(Oc2cc(I)c(O)c(I)c2)c(I)c1)C(=O)O. The van der Waals surface area contributed by atoms with Gasteiger partial charge >= 0.3 is 5.97 Å². The van der Waals surface area contributed by atoms with Gasteiger partial charge in [0.2, 0.25) is 0 Å². The molecule has 0 aliphatic carbocycles. The Morgan fingerprint density at radius 1 is 1.04 bits per heavy atom. The molecule has 0 bridgehead atoms. The lowest BCUT2D eigenvalue weighted by atomic mass is 10.0. The van der Waals surface area contributed by atoms with Crippen LogP contribution in [0.15, 0.2) is 24.3 Å². The van der Waals surface area contributed by atoms with Crippen LogP contribution in [-0.2, 0) is 11.2 Å². The van der Waals surface area contributed by atoms with E-state index < -0.39 is 11.9 Å². The minimum atomic E-state index is -0.798. The van der Waals surface area contributed by atoms with Crippen molar-refractivity contribution in [1.29, 1.82) is 0 Å². The third-order valence-corrected chi connectivity index (χ3v) is 6.48. The van der Waals surface area contributed by atoms with Gasteiger partial charge in [-0.05, 0) is 127 Å². The fourth-order valence-electron chi connectivity index (χ4n) is 1.99. The second-order valence-corrected chi connectivity index (χ2v) is 9.82. The third kappa shape index (κ3) is 5.22. The van der Waals surface area contributed by atoms with Gasteiger partial charge < -0.3 is 14.9 Å². The Labute approximate surface area is 194 Å². The minimum absolute atomic E-state index is 0.256. The van der Waals surface area contributed by atoms with Crippen molar-refractivity contribution in [3.63, 3.8) is 0 Å². The Morgan fingerprint density at radius 3 is 2.00 bits per heavy atom. The summed E-state index contributed by atoms with van der Waals surface area (Å²) in [4.78, 5) is 11.0. The van der Waals surface area contributed by atoms with Crippen LogP contribution in [0, 0.1) is 20.2 Å². The monoisotopic (exact) mass is 776 g/mol. The lowest BCUT2D eigenvalue weighted by Crippen LogP contribution is -2.12. The summed E-state index contributed by atoms with van der Waals surface area (Å²) in [5.74, 6) is 0.424. The summed E-state index contributed by atoms with van der Waals surface area (Å²) in [6, 6.07) is 7.47. The summed E-state index contributed by atoms with van der Waals surface area (Å²) in [5, 5.41) is 18.9. The van der Waals surface area contributed by atoms with Crippen LogP contribution in [0.1, 0.15) is 12.5 Å². The number of carboxylic acids is 1. The summed E-state index contributed by atoms with van der Waals surface area (Å²) in [7, 11) is 0. The van der Waals surface area contributed by atoms with Crippen LogP contribution in [0.3, 0.4) is 0 Å². The van der Waals surface area contributed by atoms with Crippen LogP contribution in [-0.4, -0.2) is 16.2 Å². The van der Waals surface area contributed by atoms with Crippen LogP contribution in [0.5, 0.6) is 17.2 Å². The number of hydrogen-bond acceptors (Lipinski definition) is 3. The predicted octanol–water partition coefficient (Wildman–Crippen LogP) is 5.87. The number of ether oxygens (including phenoxy) is 1. The normalized spacial score (nSPS) is 12.0. The summed E-state index contributed by atoms with van der Waals surface area (Å²) in [5.41, 5.74) is 0.973. The quantitative estimate of drug-likeness (QED) is 0.374. The van der Waals surface area contributed by atoms with Crippen molar-refractivity contribution in [2.24, 2.45) is 5.92 Å². The first-order valence-corrected chi connectivity index (χ1v) is 11.1. The zero-order chi connectivity index (χ0) is 18.0. The molecular formula is C16H12I4O4. The van der Waals surface area contributed by atoms with Crippen LogP contribution >= 0.6 is 90.4 Å². The van der Waals surface area contributed by atoms with Crippen LogP contribution < -0.4 is 4.74 Å². The van der Waals surface area contributed by atoms with Gasteiger partial charge in [0.15, 0.2) is 5.75 Å². The Bertz CT molecular complexity index is 746. The van der Waals surface area contributed by atoms with Gasteiger partial charge in [0.25, 0.3) is 0 Å². The van der Waals surface area contributed by atoms with Crippen molar-refractivity contribution in [3.05, 3.63) is 44.1 Å². The average Bonchev–Trinajstić information content (AvgIpc) is 2.48. The van der Waals surface area contributed by atoms with E-state index in [1.54, 1.807) is 19.1 Å². The van der Waals surface area contributed by atoms with E-state index in [9.17, 15) is 9.90 Å². The molecule has 24 heavy (non-hydrogen) atoms. The largest absolute Gasteiger partial charge is 0.506 e. The van der Waals surface area contributed by atoms with Crippen LogP contribution in [0.25, 0.3) is 0 Å². The number of phenols is 1. The molecule has 0 fully saturated rings. The number of carbonyl (C=O) groups is 1. The highest BCUT2D eigenvalue weighted by atomic mass is 127. The van der Waals surface area contributed by atoms with Crippen LogP contribution in [0.2, 0.25) is 0 Å². The minimum Gasteiger partial charge on any atom is -0.506 e. The number of aromatic hydroxyl groups is 1. The fraction of sp³-hybridized carbons (Fsp3) is 0.188. The molecule has 2 rings (SSSR count). The fourth-order valence-corrected chi connectivity index (χ4v) is 5.82. The van der Waals surface area contributed by atoms with E-state index in [1.165, 1.54) is 0 Å². The molecule has 8 heteroatoms. The number of rotatable bonds is 5. The maximum absolute atomic E-state index is 11.0. The summed E-state index contributed by atoms with van der Waals surface area (Å²) in [6.45, 7) is 1.70. The van der Waals surface area contributed by atoms with Crippen molar-refractivity contribution >= 4 is 96.3 Å². The predicted molar refractivity (Wildman–Crippen MR) is 126 cm³/mol. The maximum atomic E-state index is 11.0. The lowest BCUT2D eigenvalue weighted by Gasteiger charge is -2.14. The summed E-state index contributed by atoms with van der Waals surface area (Å²) >= 11 is 8.52. The van der Waals surface area contributed by atoms with E-state index in [2.05, 4.69) is 90.4 Å². The molecule has 0 aliphatic rings. The Balaban J connectivity index is 2.30. The first-order valence-electron chi connectivity index (χ1n) is 6.75. The van der Waals surface area contributed by atoms with E-state index in [-0.39, 0.29) is 5.75 Å². The van der Waals surface area contributed by atoms with Gasteiger partial charge in [-0.15, -0.1) is 0 Å². The molecular weight excluding hydrogens is 764 g/mol. The smallest absolute Gasteiger partial charge is 0.306 e. The van der Waals surface area contributed by atoms with E-state index in [4.69, 9.17) is 9.84 Å². The van der Waals surface area contributed by atoms with E-state index in [1.807, 2.05) is 12.1 Å². The Kier molecular flexibility index (Phi) is 7.67. The van der Waals surface area contributed by atoms with Gasteiger partial charge in [-0.3, -0.25) is 4.79 Å². The van der Waals surface area contributed by atoms with Gasteiger partial charge in [-0.1, -0.05) is 6.92 Å². The maximum Gasteiger partial charge on any atom is 0.306 e. The third-order valence-electron chi connectivity index (χ3n) is 3.23. The van der Waals surface area contributed by atoms with Crippen molar-refractivity contribution in [2.45, 2.75) is 13.3 Å². The van der Waals surface area contributed by atoms with Crippen molar-refractivity contribution in [2.75, 3.05) is 0 Å². The van der Waals surface area contributed by atoms with E-state index in [0.29, 0.717) is 12.2 Å². The number of hydrogen-bond donors (Lipinski definition) is 2. The molecule has 0 amide bonds. The topological polar surface area (TPSA) is 66.8 Å². The molecule has 4 nitrogen and oxygen atoms in total. The molecule has 2 N–H and O–H groups in total. The molecule has 1 atom stereocenters. The molecule has 0 aromatic heterocycles. The molecule has 0 spiro atoms. The number of phenolic OH excluding ortho intramolecular Hbond substituents is 1. The Hall–Kier alpha value is 0.430. The second-order valence-electron chi connectivity index (χ2n) is 5.17. The first-order chi connectivity index (χ1) is 11.2. The molecule has 0 saturated carbocycles. The van der Waals surface area contributed by atoms with Crippen molar-refractivity contribution in [3.8, 4) is 17.2 Å². The van der Waals surface area contributed by atoms with Gasteiger partial charge in [-0.25, -0.2) is 0 Å². The van der Waals surface area contributed by atoms with Crippen molar-refractivity contribution < 1.29 is 19.7 Å². The first kappa shape index (κ1) is 20.7. The zero-order valence-electron chi connectivity index (χ0n) is 12.3. The van der Waals surface area contributed by atoms with Gasteiger partial charge in [0.1, 0.15) is 11.5 Å². The number of aliphatic carboxylic acids is 1. The zero-order valence-corrected chi connectivity index (χ0v) is 20.9. The molecule has 2 aromatic rings. The average molecular weight is 776 g/mol. The number of benzene rings is 2. The van der Waals surface area contributed by atoms with Gasteiger partial charge in [0.05, 0.1) is 20.2 Å². The van der Waals surface area contributed by atoms with Crippen molar-refractivity contribution in [1.82, 2.24) is 0 Å². The summed E-state index contributed by atoms with van der Waals surface area (Å²) < 4.78 is 9.31. The Morgan fingerprint density at radius 2 is 1.54 bits per heavy atom. The molecule has 0 radical (unpaired) electrons. The highest BCUT2D eigenvalue weighted by molar-refractivity contribution is 14.1. The van der Waals surface area contributed by atoms with Gasteiger partial charge in [-0.2, -0.15) is 0 Å². The number of halogens is 4. The summed E-state index contributed by atoms with van der Waals surface area (Å²) in [6.07, 6.45) is 0.483. The lowest BCUT2D eigenvalue weighted by molar-refractivity contribution is -0.141. The standard InChI is InChI=1S/C16H12I4O4/c1-7(16(22)23)2-8-3-12(19)15(13(20)4-8)24-9-5-10(17)14(21)11(18)6-9/h3-7,21H,2H2,1H3,(H,22,23)/t7-/m0/s1. The molecule has 2 aromatic carbocycles. The molecule has 0 saturated heterocycles.